The van der Waals surface area contributed by atoms with Gasteiger partial charge in [0.05, 0.1) is 21.5 Å². The molecule has 4 nitrogen and oxygen atoms in total. The fraction of sp³-hybridized carbons (Fsp3) is 0.0435. The van der Waals surface area contributed by atoms with E-state index >= 15 is 4.39 Å². The third kappa shape index (κ3) is 4.82. The van der Waals surface area contributed by atoms with Crippen molar-refractivity contribution in [2.75, 3.05) is 0 Å². The lowest BCUT2D eigenvalue weighted by Crippen LogP contribution is -2.22. The molecule has 0 atom stereocenters. The summed E-state index contributed by atoms with van der Waals surface area (Å²) in [7, 11) is 0. The summed E-state index contributed by atoms with van der Waals surface area (Å²) < 4.78 is 21.6. The van der Waals surface area contributed by atoms with Crippen LogP contribution in [0.4, 0.5) is 4.39 Å². The lowest BCUT2D eigenvalue weighted by atomic mass is 10.2. The number of hydrogen-bond acceptors (Lipinski definition) is 4. The summed E-state index contributed by atoms with van der Waals surface area (Å²) in [5.41, 5.74) is 0.446. The van der Waals surface area contributed by atoms with Crippen molar-refractivity contribution in [1.29, 1.82) is 5.26 Å². The first-order chi connectivity index (χ1) is 15.3. The largest absolute Gasteiger partial charge is 0.453 e. The van der Waals surface area contributed by atoms with Crippen LogP contribution in [0.1, 0.15) is 20.8 Å². The van der Waals surface area contributed by atoms with E-state index in [0.717, 1.165) is 10.1 Å². The van der Waals surface area contributed by atoms with Gasteiger partial charge >= 0.3 is 0 Å². The number of fused-ring (bicyclic) bond motifs is 1. The lowest BCUT2D eigenvalue weighted by Gasteiger charge is -2.13. The number of ether oxygens (including phenoxy) is 1. The van der Waals surface area contributed by atoms with Crippen molar-refractivity contribution in [2.24, 2.45) is 0 Å². The molecular formula is C23H12Cl3FN2O2S. The van der Waals surface area contributed by atoms with Crippen molar-refractivity contribution in [2.45, 2.75) is 6.54 Å². The Balaban J connectivity index is 1.53. The maximum absolute atomic E-state index is 15.1. The number of carbonyl (C=O) groups is 1. The van der Waals surface area contributed by atoms with E-state index in [4.69, 9.17) is 44.8 Å². The zero-order valence-corrected chi connectivity index (χ0v) is 19.2. The van der Waals surface area contributed by atoms with Gasteiger partial charge in [0.2, 0.25) is 0 Å². The average Bonchev–Trinajstić information content (AvgIpc) is 3.18. The van der Waals surface area contributed by atoms with Crippen molar-refractivity contribution in [1.82, 2.24) is 5.32 Å². The lowest BCUT2D eigenvalue weighted by molar-refractivity contribution is 0.0954. The molecule has 0 unspecified atom stereocenters. The molecule has 0 spiro atoms. The van der Waals surface area contributed by atoms with Crippen LogP contribution in [0, 0.1) is 17.1 Å². The van der Waals surface area contributed by atoms with Gasteiger partial charge in [-0.05, 0) is 53.9 Å². The number of benzene rings is 3. The second kappa shape index (κ2) is 9.35. The SMILES string of the molecule is N#Cc1cc(Cl)cc(Oc2c(Cl)ccc(CNC(=O)c3cc4cc(Cl)ccc4s3)c2F)c1. The number of amides is 1. The quantitative estimate of drug-likeness (QED) is 0.304. The molecule has 9 heteroatoms. The maximum atomic E-state index is 15.1. The minimum atomic E-state index is -0.723. The predicted molar refractivity (Wildman–Crippen MR) is 126 cm³/mol. The standard InChI is InChI=1S/C23H12Cl3FN2O2S/c24-15-2-4-19-14(7-15)8-20(32-19)23(30)29-11-13-1-3-18(26)22(21(13)27)31-17-6-12(10-28)5-16(25)9-17/h1-9H,11H2,(H,29,30). The third-order valence-corrected chi connectivity index (χ3v) is 6.36. The van der Waals surface area contributed by atoms with Gasteiger partial charge in [0.1, 0.15) is 5.75 Å². The van der Waals surface area contributed by atoms with E-state index in [9.17, 15) is 4.79 Å². The molecule has 1 heterocycles. The normalized spacial score (nSPS) is 10.7. The fourth-order valence-corrected chi connectivity index (χ4v) is 4.55. The Labute approximate surface area is 201 Å². The van der Waals surface area contributed by atoms with Gasteiger partial charge in [0.15, 0.2) is 11.6 Å². The van der Waals surface area contributed by atoms with E-state index in [1.165, 1.54) is 41.7 Å². The summed E-state index contributed by atoms with van der Waals surface area (Å²) in [6.07, 6.45) is 0. The monoisotopic (exact) mass is 504 g/mol. The van der Waals surface area contributed by atoms with Crippen LogP contribution in [0.5, 0.6) is 11.5 Å². The first-order valence-corrected chi connectivity index (χ1v) is 11.1. The van der Waals surface area contributed by atoms with Gasteiger partial charge in [0, 0.05) is 26.9 Å². The number of hydrogen-bond donors (Lipinski definition) is 1. The van der Waals surface area contributed by atoms with Gasteiger partial charge in [-0.15, -0.1) is 11.3 Å². The highest BCUT2D eigenvalue weighted by Crippen LogP contribution is 2.35. The predicted octanol–water partition coefficient (Wildman–Crippen LogP) is 7.59. The van der Waals surface area contributed by atoms with Crippen LogP contribution in [0.2, 0.25) is 15.1 Å². The van der Waals surface area contributed by atoms with E-state index in [1.54, 1.807) is 18.2 Å². The Morgan fingerprint density at radius 2 is 1.88 bits per heavy atom. The molecule has 4 aromatic rings. The van der Waals surface area contributed by atoms with Gasteiger partial charge in [-0.2, -0.15) is 5.26 Å². The van der Waals surface area contributed by atoms with Crippen LogP contribution in [-0.4, -0.2) is 5.91 Å². The van der Waals surface area contributed by atoms with Crippen molar-refractivity contribution >= 4 is 62.1 Å². The van der Waals surface area contributed by atoms with E-state index < -0.39 is 5.82 Å². The van der Waals surface area contributed by atoms with Crippen molar-refractivity contribution in [3.63, 3.8) is 0 Å². The van der Waals surface area contributed by atoms with E-state index in [2.05, 4.69) is 5.32 Å². The Hall–Kier alpha value is -2.82. The van der Waals surface area contributed by atoms with Crippen LogP contribution < -0.4 is 10.1 Å². The molecular weight excluding hydrogens is 494 g/mol. The molecule has 1 aromatic heterocycles. The molecule has 0 bridgehead atoms. The van der Waals surface area contributed by atoms with Gasteiger partial charge in [-0.1, -0.05) is 40.9 Å². The summed E-state index contributed by atoms with van der Waals surface area (Å²) in [5, 5.41) is 13.5. The Bertz CT molecular complexity index is 1400. The highest BCUT2D eigenvalue weighted by atomic mass is 35.5. The van der Waals surface area contributed by atoms with Crippen LogP contribution in [0.15, 0.2) is 54.6 Å². The highest BCUT2D eigenvalue weighted by Gasteiger charge is 2.17. The maximum Gasteiger partial charge on any atom is 0.261 e. The minimum absolute atomic E-state index is 0.0393. The van der Waals surface area contributed by atoms with Crippen LogP contribution in [0.25, 0.3) is 10.1 Å². The van der Waals surface area contributed by atoms with Gasteiger partial charge in [-0.3, -0.25) is 4.79 Å². The molecule has 0 aliphatic carbocycles. The number of halogens is 4. The smallest absolute Gasteiger partial charge is 0.261 e. The summed E-state index contributed by atoms with van der Waals surface area (Å²) in [4.78, 5) is 13.1. The average molecular weight is 506 g/mol. The Morgan fingerprint density at radius 3 is 2.66 bits per heavy atom. The van der Waals surface area contributed by atoms with Crippen molar-refractivity contribution in [3.8, 4) is 17.6 Å². The molecule has 160 valence electrons. The molecule has 0 aliphatic heterocycles. The Morgan fingerprint density at radius 1 is 1.06 bits per heavy atom. The summed E-state index contributed by atoms with van der Waals surface area (Å²) in [5.74, 6) is -1.12. The Kier molecular flexibility index (Phi) is 6.54. The van der Waals surface area contributed by atoms with Crippen molar-refractivity contribution < 1.29 is 13.9 Å². The zero-order chi connectivity index (χ0) is 22.8. The molecule has 4 rings (SSSR count). The van der Waals surface area contributed by atoms with Crippen LogP contribution in [-0.2, 0) is 6.54 Å². The second-order valence-electron chi connectivity index (χ2n) is 6.71. The van der Waals surface area contributed by atoms with E-state index in [0.29, 0.717) is 9.90 Å². The van der Waals surface area contributed by atoms with Crippen LogP contribution >= 0.6 is 46.1 Å². The number of nitrogens with zero attached hydrogens (tertiary/aromatic N) is 1. The first-order valence-electron chi connectivity index (χ1n) is 9.17. The van der Waals surface area contributed by atoms with E-state index in [-0.39, 0.29) is 45.1 Å². The van der Waals surface area contributed by atoms with Crippen LogP contribution in [0.3, 0.4) is 0 Å². The summed E-state index contributed by atoms with van der Waals surface area (Å²) in [6.45, 7) is -0.0772. The topological polar surface area (TPSA) is 62.1 Å². The fourth-order valence-electron chi connectivity index (χ4n) is 3.00. The number of nitriles is 1. The zero-order valence-electron chi connectivity index (χ0n) is 16.1. The number of thiophene rings is 1. The third-order valence-electron chi connectivity index (χ3n) is 4.49. The van der Waals surface area contributed by atoms with Gasteiger partial charge < -0.3 is 10.1 Å². The van der Waals surface area contributed by atoms with Gasteiger partial charge in [0.25, 0.3) is 5.91 Å². The number of carbonyl (C=O) groups excluding carboxylic acids is 1. The molecule has 0 radical (unpaired) electrons. The summed E-state index contributed by atoms with van der Waals surface area (Å²) >= 11 is 19.4. The molecule has 0 aliphatic rings. The number of nitrogens with one attached hydrogen (secondary N) is 1. The highest BCUT2D eigenvalue weighted by molar-refractivity contribution is 7.20. The van der Waals surface area contributed by atoms with Gasteiger partial charge in [-0.25, -0.2) is 4.39 Å². The molecule has 0 fully saturated rings. The molecule has 3 aromatic carbocycles. The molecule has 0 saturated carbocycles. The minimum Gasteiger partial charge on any atom is -0.453 e. The molecule has 1 amide bonds. The number of rotatable bonds is 5. The molecule has 32 heavy (non-hydrogen) atoms. The summed E-state index contributed by atoms with van der Waals surface area (Å²) in [6, 6.07) is 16.3. The molecule has 1 N–H and O–H groups in total. The van der Waals surface area contributed by atoms with E-state index in [1.807, 2.05) is 12.1 Å². The van der Waals surface area contributed by atoms with Crippen molar-refractivity contribution in [3.05, 3.63) is 91.5 Å². The first kappa shape index (κ1) is 22.4. The molecule has 0 saturated heterocycles. The second-order valence-corrected chi connectivity index (χ2v) is 9.08.